The normalized spacial score (nSPS) is 16.8. The van der Waals surface area contributed by atoms with Gasteiger partial charge in [-0.1, -0.05) is 13.8 Å². The Morgan fingerprint density at radius 2 is 1.51 bits per heavy atom. The number of carbonyl (C=O) groups excluding carboxylic acids is 5. The first-order valence-corrected chi connectivity index (χ1v) is 27.7. The number of nitrogens with one attached hydrogen (secondary N) is 3. The van der Waals surface area contributed by atoms with Crippen molar-refractivity contribution in [3.63, 3.8) is 0 Å². The first kappa shape index (κ1) is 58.1. The van der Waals surface area contributed by atoms with E-state index in [-0.39, 0.29) is 114 Å². The predicted molar refractivity (Wildman–Crippen MR) is 291 cm³/mol. The van der Waals surface area contributed by atoms with E-state index in [0.29, 0.717) is 41.6 Å². The molecule has 3 aliphatic rings. The van der Waals surface area contributed by atoms with Gasteiger partial charge < -0.3 is 38.0 Å². The minimum atomic E-state index is -1.65. The van der Waals surface area contributed by atoms with Gasteiger partial charge in [-0.05, 0) is 137 Å². The van der Waals surface area contributed by atoms with Crippen LogP contribution < -0.4 is 30.4 Å². The van der Waals surface area contributed by atoms with E-state index >= 15 is 0 Å². The number of nitrogens with zero attached hydrogens (tertiary/aromatic N) is 5. The lowest BCUT2D eigenvalue weighted by Gasteiger charge is -2.37. The Hall–Kier alpha value is -7.08. The second-order valence-corrected chi connectivity index (χ2v) is 24.1. The summed E-state index contributed by atoms with van der Waals surface area (Å²) in [4.78, 5) is 88.0. The van der Waals surface area contributed by atoms with E-state index in [9.17, 15) is 28.8 Å². The van der Waals surface area contributed by atoms with E-state index in [1.165, 1.54) is 24.3 Å². The highest BCUT2D eigenvalue weighted by Gasteiger charge is 2.54. The van der Waals surface area contributed by atoms with E-state index in [1.54, 1.807) is 90.4 Å². The van der Waals surface area contributed by atoms with Crippen molar-refractivity contribution >= 4 is 55.2 Å². The summed E-state index contributed by atoms with van der Waals surface area (Å²) in [5.41, 5.74) is -1.64. The van der Waals surface area contributed by atoms with Crippen LogP contribution in [0.3, 0.4) is 0 Å². The zero-order valence-electron chi connectivity index (χ0n) is 46.7. The molecule has 0 saturated carbocycles. The Morgan fingerprint density at radius 3 is 2.09 bits per heavy atom. The van der Waals surface area contributed by atoms with Crippen molar-refractivity contribution in [1.29, 1.82) is 5.26 Å². The molecule has 5 aromatic rings. The molecule has 1 saturated heterocycles. The SMILES string of the molecule is CC(C)C(=O)Nc1nc2c(c(CCCNC(=O)c3ccc4c(c3)C3(OC4=O)c4ccc(OC(=O)C(C)(C)C)cc4Oc4cc(OC(=O)C(C)(C)C)ccc43)nn2[C@H]2CC[C@@H](COP(OCCC#N)N(C(C)C)C(C)C)O2)c(=O)[nH]1. The number of aryl methyl sites for hydroxylation is 1. The van der Waals surface area contributed by atoms with Crippen LogP contribution in [0.25, 0.3) is 11.0 Å². The molecule has 2 amide bonds. The van der Waals surface area contributed by atoms with Crippen molar-refractivity contribution in [2.45, 2.75) is 145 Å². The lowest BCUT2D eigenvalue weighted by atomic mass is 9.77. The van der Waals surface area contributed by atoms with Crippen molar-refractivity contribution in [2.75, 3.05) is 25.1 Å². The number of aromatic amines is 1. The van der Waals surface area contributed by atoms with Crippen molar-refractivity contribution in [3.8, 4) is 29.1 Å². The summed E-state index contributed by atoms with van der Waals surface area (Å²) >= 11 is 0. The van der Waals surface area contributed by atoms with E-state index < -0.39 is 60.6 Å². The third-order valence-corrected chi connectivity index (χ3v) is 15.4. The fourth-order valence-electron chi connectivity index (χ4n) is 9.29. The fraction of sp³-hybridized carbons (Fsp3) is 0.491. The number of hydrogen-bond acceptors (Lipinski definition) is 17. The maximum absolute atomic E-state index is 14.1. The molecule has 0 radical (unpaired) electrons. The molecule has 8 rings (SSSR count). The first-order chi connectivity index (χ1) is 37.3. The van der Waals surface area contributed by atoms with Gasteiger partial charge in [-0.3, -0.25) is 34.3 Å². The van der Waals surface area contributed by atoms with E-state index in [1.807, 2.05) is 0 Å². The number of fused-ring (bicyclic) bond motifs is 7. The molecule has 0 bridgehead atoms. The van der Waals surface area contributed by atoms with Gasteiger partial charge >= 0.3 is 17.9 Å². The first-order valence-electron chi connectivity index (χ1n) is 26.6. The van der Waals surface area contributed by atoms with Gasteiger partial charge in [0.05, 0.1) is 53.9 Å². The Bertz CT molecular complexity index is 3190. The highest BCUT2D eigenvalue weighted by Crippen LogP contribution is 2.57. The van der Waals surface area contributed by atoms with E-state index in [2.05, 4.69) is 59.0 Å². The van der Waals surface area contributed by atoms with Gasteiger partial charge in [-0.25, -0.2) is 14.1 Å². The molecule has 1 unspecified atom stereocenters. The van der Waals surface area contributed by atoms with Gasteiger partial charge in [-0.2, -0.15) is 15.3 Å². The molecule has 79 heavy (non-hydrogen) atoms. The highest BCUT2D eigenvalue weighted by atomic mass is 31.2. The third-order valence-electron chi connectivity index (χ3n) is 13.3. The molecular weight excluding hydrogens is 1040 g/mol. The van der Waals surface area contributed by atoms with Gasteiger partial charge in [0, 0.05) is 58.9 Å². The predicted octanol–water partition coefficient (Wildman–Crippen LogP) is 9.52. The zero-order valence-corrected chi connectivity index (χ0v) is 47.6. The fourth-order valence-corrected chi connectivity index (χ4v) is 10.9. The third kappa shape index (κ3) is 12.4. The summed E-state index contributed by atoms with van der Waals surface area (Å²) in [6.45, 7) is 22.6. The second-order valence-electron chi connectivity index (χ2n) is 22.7. The monoisotopic (exact) mass is 1100 g/mol. The van der Waals surface area contributed by atoms with Crippen LogP contribution in [0.15, 0.2) is 59.4 Å². The van der Waals surface area contributed by atoms with Crippen LogP contribution in [0.2, 0.25) is 0 Å². The molecule has 5 heterocycles. The largest absolute Gasteiger partial charge is 0.456 e. The maximum atomic E-state index is 14.1. The van der Waals surface area contributed by atoms with Crippen molar-refractivity contribution in [2.24, 2.45) is 16.7 Å². The molecule has 3 aromatic carbocycles. The zero-order chi connectivity index (χ0) is 57.3. The van der Waals surface area contributed by atoms with Crippen LogP contribution in [-0.4, -0.2) is 92.1 Å². The van der Waals surface area contributed by atoms with Crippen molar-refractivity contribution in [3.05, 3.63) is 98.5 Å². The van der Waals surface area contributed by atoms with Crippen LogP contribution >= 0.6 is 8.53 Å². The van der Waals surface area contributed by atoms with Crippen LogP contribution in [0.4, 0.5) is 5.95 Å². The number of carbonyl (C=O) groups is 5. The molecule has 420 valence electrons. The van der Waals surface area contributed by atoms with Gasteiger partial charge in [0.1, 0.15) is 28.4 Å². The number of benzene rings is 3. The Balaban J connectivity index is 1.04. The minimum absolute atomic E-state index is 0.0367. The lowest BCUT2D eigenvalue weighted by Crippen LogP contribution is -2.34. The van der Waals surface area contributed by atoms with E-state index in [0.717, 1.165) is 0 Å². The van der Waals surface area contributed by atoms with E-state index in [4.69, 9.17) is 43.1 Å². The number of nitriles is 1. The van der Waals surface area contributed by atoms with Gasteiger partial charge in [0.25, 0.3) is 20.0 Å². The summed E-state index contributed by atoms with van der Waals surface area (Å²) in [7, 11) is -1.51. The molecule has 1 fully saturated rings. The summed E-state index contributed by atoms with van der Waals surface area (Å²) in [5.74, 6) is -2.11. The highest BCUT2D eigenvalue weighted by molar-refractivity contribution is 7.44. The Morgan fingerprint density at radius 1 is 0.873 bits per heavy atom. The maximum Gasteiger partial charge on any atom is 0.340 e. The molecule has 3 N–H and O–H groups in total. The number of anilines is 1. The summed E-state index contributed by atoms with van der Waals surface area (Å²) in [5, 5.41) is 19.9. The topological polar surface area (TPSA) is 265 Å². The Labute approximate surface area is 459 Å². The van der Waals surface area contributed by atoms with Crippen LogP contribution in [-0.2, 0) is 44.9 Å². The number of amides is 2. The Kier molecular flexibility index (Phi) is 17.1. The van der Waals surface area contributed by atoms with Crippen LogP contribution in [0.1, 0.15) is 158 Å². The van der Waals surface area contributed by atoms with Gasteiger partial charge in [0.15, 0.2) is 17.5 Å². The van der Waals surface area contributed by atoms with Gasteiger partial charge in [-0.15, -0.1) is 0 Å². The minimum Gasteiger partial charge on any atom is -0.456 e. The molecular formula is C57H69N8O13P. The number of ether oxygens (including phenoxy) is 5. The number of aromatic nitrogens is 4. The summed E-state index contributed by atoms with van der Waals surface area (Å²) < 4.78 is 47.0. The average molecular weight is 1110 g/mol. The number of rotatable bonds is 19. The van der Waals surface area contributed by atoms with Crippen molar-refractivity contribution < 1.29 is 56.7 Å². The quantitative estimate of drug-likeness (QED) is 0.0301. The lowest BCUT2D eigenvalue weighted by molar-refractivity contribution is -0.143. The average Bonchev–Trinajstić information content (AvgIpc) is 4.32. The molecule has 3 atom stereocenters. The number of H-pyrrole nitrogens is 1. The molecule has 21 nitrogen and oxygen atoms in total. The molecule has 1 spiro atoms. The van der Waals surface area contributed by atoms with Gasteiger partial charge in [0.2, 0.25) is 11.9 Å². The van der Waals surface area contributed by atoms with Crippen molar-refractivity contribution in [1.82, 2.24) is 29.7 Å². The molecule has 3 aliphatic heterocycles. The second kappa shape index (κ2) is 23.3. The standard InChI is InChI=1S/C57H69N8O13P/c1-31(2)48(66)61-54-60-47-46(50(68)62-54)42(63-64(47)45-23-19-37(74-45)30-73-79(72-26-14-24-58)65(32(3)4)33(5)6)15-13-25-59-49(67)34-16-20-38-41(27-34)57(78-51(38)69)39-21-17-35(75-52(70)55(7,8)9)28-43(39)77-44-29-36(18-22-40(44)57)76-53(71)56(10,11)12/h16-18,20-22,27-29,31-33,37,45H,13-15,19,23,25-26,30H2,1-12H3,(H,59,67)(H2,60,61,62,66,68)/t37-,45+,79?/m0/s1. The molecule has 22 heteroatoms. The number of esters is 3. The molecule has 0 aliphatic carbocycles. The number of hydrogen-bond donors (Lipinski definition) is 3. The van der Waals surface area contributed by atoms with Crippen LogP contribution in [0.5, 0.6) is 23.0 Å². The smallest absolute Gasteiger partial charge is 0.340 e. The summed E-state index contributed by atoms with van der Waals surface area (Å²) in [6, 6.07) is 16.5. The van der Waals surface area contributed by atoms with Crippen LogP contribution in [0, 0.1) is 28.1 Å². The summed E-state index contributed by atoms with van der Waals surface area (Å²) in [6.07, 6.45) is 0.906. The molecule has 2 aromatic heterocycles.